The Kier molecular flexibility index (Phi) is 4.61. The molecule has 0 radical (unpaired) electrons. The molecule has 2 rings (SSSR count). The van der Waals surface area contributed by atoms with Crippen molar-refractivity contribution >= 4 is 27.5 Å². The Morgan fingerprint density at radius 3 is 2.68 bits per heavy atom. The Balaban J connectivity index is 2.22. The van der Waals surface area contributed by atoms with Gasteiger partial charge in [-0.2, -0.15) is 0 Å². The molecule has 2 aromatic carbocycles. The van der Waals surface area contributed by atoms with Gasteiger partial charge in [0.2, 0.25) is 0 Å². The number of benzene rings is 2. The lowest BCUT2D eigenvalue weighted by atomic mass is 9.98. The molecule has 0 aliphatic heterocycles. The molecule has 0 aromatic heterocycles. The number of rotatable bonds is 3. The highest BCUT2D eigenvalue weighted by Gasteiger charge is 2.12. The molecule has 0 saturated carbocycles. The molecule has 0 aliphatic carbocycles. The second kappa shape index (κ2) is 6.04. The van der Waals surface area contributed by atoms with E-state index in [-0.39, 0.29) is 11.1 Å². The number of hydrogen-bond donors (Lipinski definition) is 1. The van der Waals surface area contributed by atoms with E-state index in [2.05, 4.69) is 15.9 Å². The summed E-state index contributed by atoms with van der Waals surface area (Å²) >= 11 is 9.16. The smallest absolute Gasteiger partial charge is 0.142 e. The molecule has 1 nitrogen and oxygen atoms in total. The summed E-state index contributed by atoms with van der Waals surface area (Å²) in [5, 5.41) is 0.133. The lowest BCUT2D eigenvalue weighted by Gasteiger charge is -2.15. The third kappa shape index (κ3) is 3.56. The lowest BCUT2D eigenvalue weighted by molar-refractivity contribution is 0.622. The van der Waals surface area contributed by atoms with Gasteiger partial charge < -0.3 is 5.73 Å². The fourth-order valence-corrected chi connectivity index (χ4v) is 2.64. The summed E-state index contributed by atoms with van der Waals surface area (Å²) in [6.07, 6.45) is 0.566. The first-order valence-corrected chi connectivity index (χ1v) is 7.10. The predicted molar refractivity (Wildman–Crippen MR) is 80.9 cm³/mol. The highest BCUT2D eigenvalue weighted by molar-refractivity contribution is 9.10. The van der Waals surface area contributed by atoms with Gasteiger partial charge in [0, 0.05) is 10.5 Å². The minimum absolute atomic E-state index is 0.133. The van der Waals surface area contributed by atoms with Crippen LogP contribution >= 0.6 is 27.5 Å². The molecule has 0 amide bonds. The molecule has 1 unspecified atom stereocenters. The molecule has 0 saturated heterocycles. The molecule has 0 spiro atoms. The van der Waals surface area contributed by atoms with Crippen LogP contribution in [0.3, 0.4) is 0 Å². The van der Waals surface area contributed by atoms with Crippen molar-refractivity contribution in [2.75, 3.05) is 0 Å². The van der Waals surface area contributed by atoms with Crippen molar-refractivity contribution in [3.63, 3.8) is 0 Å². The predicted octanol–water partition coefficient (Wildman–Crippen LogP) is 4.79. The van der Waals surface area contributed by atoms with Crippen LogP contribution in [-0.4, -0.2) is 0 Å². The van der Waals surface area contributed by atoms with Crippen LogP contribution in [0.1, 0.15) is 22.7 Å². The fourth-order valence-electron chi connectivity index (χ4n) is 1.98. The average molecular weight is 343 g/mol. The Bertz CT molecular complexity index is 601. The molecule has 0 heterocycles. The molecule has 0 fully saturated rings. The van der Waals surface area contributed by atoms with Crippen LogP contribution in [-0.2, 0) is 6.42 Å². The Labute approximate surface area is 125 Å². The molecule has 2 aromatic rings. The zero-order valence-electron chi connectivity index (χ0n) is 10.5. The maximum Gasteiger partial charge on any atom is 0.142 e. The highest BCUT2D eigenvalue weighted by atomic mass is 79.9. The minimum Gasteiger partial charge on any atom is -0.324 e. The quantitative estimate of drug-likeness (QED) is 0.852. The summed E-state index contributed by atoms with van der Waals surface area (Å²) in [7, 11) is 0. The molecular formula is C15H14BrClFN. The first-order valence-electron chi connectivity index (χ1n) is 5.93. The van der Waals surface area contributed by atoms with Crippen molar-refractivity contribution in [1.82, 2.24) is 0 Å². The van der Waals surface area contributed by atoms with E-state index in [1.54, 1.807) is 12.1 Å². The highest BCUT2D eigenvalue weighted by Crippen LogP contribution is 2.26. The van der Waals surface area contributed by atoms with Crippen LogP contribution < -0.4 is 5.73 Å². The molecule has 0 aliphatic rings. The lowest BCUT2D eigenvalue weighted by Crippen LogP contribution is -2.14. The van der Waals surface area contributed by atoms with Gasteiger partial charge in [-0.25, -0.2) is 4.39 Å². The van der Waals surface area contributed by atoms with E-state index in [4.69, 9.17) is 17.3 Å². The van der Waals surface area contributed by atoms with E-state index in [0.29, 0.717) is 6.42 Å². The van der Waals surface area contributed by atoms with Crippen LogP contribution in [0.25, 0.3) is 0 Å². The Morgan fingerprint density at radius 1 is 1.26 bits per heavy atom. The number of nitrogens with two attached hydrogens (primary N) is 1. The van der Waals surface area contributed by atoms with Gasteiger partial charge >= 0.3 is 0 Å². The van der Waals surface area contributed by atoms with E-state index in [9.17, 15) is 4.39 Å². The van der Waals surface area contributed by atoms with Gasteiger partial charge in [0.1, 0.15) is 5.82 Å². The van der Waals surface area contributed by atoms with E-state index in [1.165, 1.54) is 6.07 Å². The number of halogens is 3. The van der Waals surface area contributed by atoms with Crippen molar-refractivity contribution in [1.29, 1.82) is 0 Å². The molecule has 100 valence electrons. The van der Waals surface area contributed by atoms with Gasteiger partial charge in [0.15, 0.2) is 0 Å². The molecule has 1 atom stereocenters. The monoisotopic (exact) mass is 341 g/mol. The zero-order chi connectivity index (χ0) is 14.0. The van der Waals surface area contributed by atoms with Crippen molar-refractivity contribution < 1.29 is 4.39 Å². The van der Waals surface area contributed by atoms with Crippen molar-refractivity contribution in [2.24, 2.45) is 5.73 Å². The topological polar surface area (TPSA) is 26.0 Å². The Hall–Kier alpha value is -0.900. The summed E-state index contributed by atoms with van der Waals surface area (Å²) in [6.45, 7) is 2.02. The maximum atomic E-state index is 13.4. The van der Waals surface area contributed by atoms with Crippen LogP contribution in [0.5, 0.6) is 0 Å². The second-order valence-corrected chi connectivity index (χ2v) is 5.85. The summed E-state index contributed by atoms with van der Waals surface area (Å²) < 4.78 is 14.4. The Morgan fingerprint density at radius 2 is 2.00 bits per heavy atom. The average Bonchev–Trinajstić information content (AvgIpc) is 2.36. The van der Waals surface area contributed by atoms with Crippen molar-refractivity contribution in [3.8, 4) is 0 Å². The van der Waals surface area contributed by atoms with E-state index in [1.807, 2.05) is 25.1 Å². The summed E-state index contributed by atoms with van der Waals surface area (Å²) in [5.74, 6) is -0.408. The van der Waals surface area contributed by atoms with Gasteiger partial charge in [-0.15, -0.1) is 0 Å². The van der Waals surface area contributed by atoms with Crippen LogP contribution in [0.2, 0.25) is 5.02 Å². The van der Waals surface area contributed by atoms with Gasteiger partial charge in [-0.3, -0.25) is 0 Å². The van der Waals surface area contributed by atoms with Gasteiger partial charge in [-0.1, -0.05) is 51.3 Å². The first kappa shape index (κ1) is 14.5. The van der Waals surface area contributed by atoms with Crippen LogP contribution in [0, 0.1) is 12.7 Å². The molecule has 4 heteroatoms. The third-order valence-electron chi connectivity index (χ3n) is 2.99. The normalized spacial score (nSPS) is 12.5. The summed E-state index contributed by atoms with van der Waals surface area (Å²) in [4.78, 5) is 0. The third-order valence-corrected chi connectivity index (χ3v) is 4.02. The standard InChI is InChI=1S/C15H14BrClFN/c1-9-2-4-12(16)11(6-9)15(19)8-10-3-5-13(17)14(18)7-10/h2-7,15H,8,19H2,1H3. The summed E-state index contributed by atoms with van der Waals surface area (Å²) in [5.41, 5.74) is 9.21. The summed E-state index contributed by atoms with van der Waals surface area (Å²) in [6, 6.07) is 10.6. The van der Waals surface area contributed by atoms with E-state index >= 15 is 0 Å². The first-order chi connectivity index (χ1) is 8.97. The molecule has 0 bridgehead atoms. The SMILES string of the molecule is Cc1ccc(Br)c(C(N)Cc2ccc(Cl)c(F)c2)c1. The maximum absolute atomic E-state index is 13.4. The number of hydrogen-bond acceptors (Lipinski definition) is 1. The minimum atomic E-state index is -0.408. The molecule has 19 heavy (non-hydrogen) atoms. The largest absolute Gasteiger partial charge is 0.324 e. The van der Waals surface area contributed by atoms with E-state index in [0.717, 1.165) is 21.2 Å². The van der Waals surface area contributed by atoms with Gasteiger partial charge in [0.05, 0.1) is 5.02 Å². The zero-order valence-corrected chi connectivity index (χ0v) is 12.8. The molecule has 2 N–H and O–H groups in total. The van der Waals surface area contributed by atoms with Crippen molar-refractivity contribution in [2.45, 2.75) is 19.4 Å². The van der Waals surface area contributed by atoms with Crippen LogP contribution in [0.4, 0.5) is 4.39 Å². The van der Waals surface area contributed by atoms with Gasteiger partial charge in [-0.05, 0) is 42.7 Å². The fraction of sp³-hybridized carbons (Fsp3) is 0.200. The van der Waals surface area contributed by atoms with Gasteiger partial charge in [0.25, 0.3) is 0 Å². The van der Waals surface area contributed by atoms with E-state index < -0.39 is 5.82 Å². The van der Waals surface area contributed by atoms with Crippen LogP contribution in [0.15, 0.2) is 40.9 Å². The number of aryl methyl sites for hydroxylation is 1. The van der Waals surface area contributed by atoms with Crippen molar-refractivity contribution in [3.05, 3.63) is 68.4 Å². The second-order valence-electron chi connectivity index (χ2n) is 4.58. The molecular weight excluding hydrogens is 329 g/mol.